The van der Waals surface area contributed by atoms with Crippen molar-refractivity contribution in [3.8, 4) is 0 Å². The number of benzene rings is 1. The molecule has 4 heteroatoms. The van der Waals surface area contributed by atoms with E-state index in [1.54, 1.807) is 11.3 Å². The number of rotatable bonds is 6. The van der Waals surface area contributed by atoms with Crippen LogP contribution in [0, 0.1) is 0 Å². The number of likely N-dealkylation sites (N-methyl/N-ethyl adjacent to an activating group) is 1. The fraction of sp³-hybridized carbons (Fsp3) is 0.429. The molecule has 0 aliphatic rings. The summed E-state index contributed by atoms with van der Waals surface area (Å²) in [7, 11) is 4.01. The highest BCUT2D eigenvalue weighted by Gasteiger charge is 2.08. The van der Waals surface area contributed by atoms with Crippen molar-refractivity contribution in [2.24, 2.45) is 0 Å². The van der Waals surface area contributed by atoms with Crippen LogP contribution in [-0.4, -0.2) is 43.9 Å². The molecule has 0 spiro atoms. The van der Waals surface area contributed by atoms with Gasteiger partial charge in [-0.2, -0.15) is 0 Å². The Bertz CT molecular complexity index is 495. The van der Waals surface area contributed by atoms with Gasteiger partial charge in [-0.1, -0.05) is 12.1 Å². The number of aliphatic hydroxyl groups is 1. The number of aliphatic hydroxyl groups excluding tert-OH is 1. The van der Waals surface area contributed by atoms with Crippen LogP contribution in [0.15, 0.2) is 29.6 Å². The van der Waals surface area contributed by atoms with Gasteiger partial charge in [0.1, 0.15) is 6.10 Å². The summed E-state index contributed by atoms with van der Waals surface area (Å²) < 4.78 is 6.67. The van der Waals surface area contributed by atoms with Crippen molar-refractivity contribution in [2.45, 2.75) is 6.10 Å². The predicted molar refractivity (Wildman–Crippen MR) is 76.2 cm³/mol. The molecule has 2 rings (SSSR count). The van der Waals surface area contributed by atoms with E-state index in [4.69, 9.17) is 4.74 Å². The van der Waals surface area contributed by atoms with E-state index in [0.717, 1.165) is 12.1 Å². The van der Waals surface area contributed by atoms with Crippen LogP contribution in [0.4, 0.5) is 0 Å². The molecule has 0 saturated heterocycles. The second-order valence-electron chi connectivity index (χ2n) is 4.61. The van der Waals surface area contributed by atoms with Gasteiger partial charge in [0.2, 0.25) is 0 Å². The second kappa shape index (κ2) is 6.29. The maximum Gasteiger partial charge on any atom is 0.102 e. The minimum Gasteiger partial charge on any atom is -0.386 e. The average molecular weight is 265 g/mol. The van der Waals surface area contributed by atoms with Gasteiger partial charge in [-0.15, -0.1) is 11.3 Å². The Morgan fingerprint density at radius 1 is 1.33 bits per heavy atom. The van der Waals surface area contributed by atoms with E-state index in [1.165, 1.54) is 10.1 Å². The number of hydrogen-bond donors (Lipinski definition) is 1. The Kier molecular flexibility index (Phi) is 4.72. The zero-order chi connectivity index (χ0) is 13.0. The predicted octanol–water partition coefficient (Wildman–Crippen LogP) is 2.51. The minimum absolute atomic E-state index is 0.352. The molecule has 0 aliphatic heterocycles. The van der Waals surface area contributed by atoms with Crippen molar-refractivity contribution in [1.29, 1.82) is 0 Å². The lowest BCUT2D eigenvalue weighted by atomic mass is 10.1. The topological polar surface area (TPSA) is 32.7 Å². The maximum atomic E-state index is 10.0. The van der Waals surface area contributed by atoms with Gasteiger partial charge in [0.05, 0.1) is 13.2 Å². The van der Waals surface area contributed by atoms with Gasteiger partial charge in [0, 0.05) is 11.2 Å². The van der Waals surface area contributed by atoms with E-state index < -0.39 is 6.10 Å². The van der Waals surface area contributed by atoms with Gasteiger partial charge in [0.15, 0.2) is 0 Å². The lowest BCUT2D eigenvalue weighted by molar-refractivity contribution is 0.0307. The second-order valence-corrected chi connectivity index (χ2v) is 5.56. The van der Waals surface area contributed by atoms with Crippen molar-refractivity contribution in [3.63, 3.8) is 0 Å². The molecule has 0 amide bonds. The van der Waals surface area contributed by atoms with Gasteiger partial charge in [-0.05, 0) is 42.6 Å². The van der Waals surface area contributed by atoms with Crippen LogP contribution in [0.1, 0.15) is 11.7 Å². The number of thiophene rings is 1. The quantitative estimate of drug-likeness (QED) is 0.815. The first-order valence-electron chi connectivity index (χ1n) is 6.04. The Balaban J connectivity index is 1.89. The number of ether oxygens (including phenoxy) is 1. The molecule has 0 saturated carbocycles. The lowest BCUT2D eigenvalue weighted by Crippen LogP contribution is -2.19. The van der Waals surface area contributed by atoms with E-state index in [2.05, 4.69) is 16.3 Å². The molecule has 3 nitrogen and oxygen atoms in total. The molecule has 1 atom stereocenters. The Hall–Kier alpha value is -0.940. The monoisotopic (exact) mass is 265 g/mol. The summed E-state index contributed by atoms with van der Waals surface area (Å²) in [6.07, 6.45) is -0.543. The van der Waals surface area contributed by atoms with Gasteiger partial charge < -0.3 is 14.7 Å². The fourth-order valence-corrected chi connectivity index (χ4v) is 2.55. The molecule has 1 aromatic carbocycles. The molecule has 1 unspecified atom stereocenters. The summed E-state index contributed by atoms with van der Waals surface area (Å²) >= 11 is 1.69. The molecule has 1 N–H and O–H groups in total. The first-order chi connectivity index (χ1) is 8.66. The Morgan fingerprint density at radius 3 is 2.94 bits per heavy atom. The summed E-state index contributed by atoms with van der Waals surface area (Å²) in [4.78, 5) is 2.06. The molecule has 0 bridgehead atoms. The molecule has 2 aromatic rings. The lowest BCUT2D eigenvalue weighted by Gasteiger charge is -2.13. The summed E-state index contributed by atoms with van der Waals surface area (Å²) in [6, 6.07) is 8.14. The van der Waals surface area contributed by atoms with Gasteiger partial charge in [0.25, 0.3) is 0 Å². The zero-order valence-electron chi connectivity index (χ0n) is 10.8. The van der Waals surface area contributed by atoms with E-state index in [9.17, 15) is 5.11 Å². The Morgan fingerprint density at radius 2 is 2.17 bits per heavy atom. The van der Waals surface area contributed by atoms with E-state index >= 15 is 0 Å². The highest BCUT2D eigenvalue weighted by atomic mass is 32.1. The van der Waals surface area contributed by atoms with Crippen LogP contribution >= 0.6 is 11.3 Å². The molecule has 0 aliphatic carbocycles. The third kappa shape index (κ3) is 3.53. The van der Waals surface area contributed by atoms with Gasteiger partial charge >= 0.3 is 0 Å². The first-order valence-corrected chi connectivity index (χ1v) is 6.92. The fourth-order valence-electron chi connectivity index (χ4n) is 1.72. The molecular formula is C14H19NO2S. The van der Waals surface area contributed by atoms with Crippen LogP contribution in [0.2, 0.25) is 0 Å². The summed E-state index contributed by atoms with van der Waals surface area (Å²) in [6.45, 7) is 1.87. The summed E-state index contributed by atoms with van der Waals surface area (Å²) in [5, 5.41) is 13.3. The molecule has 98 valence electrons. The highest BCUT2D eigenvalue weighted by Crippen LogP contribution is 2.24. The standard InChI is InChI=1S/C14H19NO2S/c1-15(2)6-7-17-10-13(16)12-4-3-11-5-8-18-14(11)9-12/h3-5,8-9,13,16H,6-7,10H2,1-2H3. The molecule has 0 radical (unpaired) electrons. The molecule has 1 heterocycles. The number of nitrogens with zero attached hydrogens (tertiary/aromatic N) is 1. The van der Waals surface area contributed by atoms with Crippen molar-refractivity contribution in [3.05, 3.63) is 35.2 Å². The number of hydrogen-bond acceptors (Lipinski definition) is 4. The molecule has 1 aromatic heterocycles. The first kappa shape index (κ1) is 13.5. The molecular weight excluding hydrogens is 246 g/mol. The Labute approximate surface area is 112 Å². The van der Waals surface area contributed by atoms with Crippen LogP contribution < -0.4 is 0 Å². The van der Waals surface area contributed by atoms with Gasteiger partial charge in [-0.25, -0.2) is 0 Å². The van der Waals surface area contributed by atoms with Crippen molar-refractivity contribution >= 4 is 21.4 Å². The zero-order valence-corrected chi connectivity index (χ0v) is 11.6. The van der Waals surface area contributed by atoms with E-state index in [1.807, 2.05) is 32.3 Å². The smallest absolute Gasteiger partial charge is 0.102 e. The molecule has 18 heavy (non-hydrogen) atoms. The van der Waals surface area contributed by atoms with Crippen LogP contribution in [0.25, 0.3) is 10.1 Å². The third-order valence-electron chi connectivity index (χ3n) is 2.82. The number of fused-ring (bicyclic) bond motifs is 1. The van der Waals surface area contributed by atoms with Crippen LogP contribution in [-0.2, 0) is 4.74 Å². The molecule has 0 fully saturated rings. The largest absolute Gasteiger partial charge is 0.386 e. The van der Waals surface area contributed by atoms with Crippen molar-refractivity contribution < 1.29 is 9.84 Å². The third-order valence-corrected chi connectivity index (χ3v) is 3.70. The highest BCUT2D eigenvalue weighted by molar-refractivity contribution is 7.17. The normalized spacial score (nSPS) is 13.3. The average Bonchev–Trinajstić information content (AvgIpc) is 2.81. The maximum absolute atomic E-state index is 10.0. The van der Waals surface area contributed by atoms with E-state index in [0.29, 0.717) is 13.2 Å². The van der Waals surface area contributed by atoms with Crippen LogP contribution in [0.5, 0.6) is 0 Å². The minimum atomic E-state index is -0.543. The summed E-state index contributed by atoms with van der Waals surface area (Å²) in [5.74, 6) is 0. The van der Waals surface area contributed by atoms with Crippen molar-refractivity contribution in [1.82, 2.24) is 4.90 Å². The van der Waals surface area contributed by atoms with Gasteiger partial charge in [-0.3, -0.25) is 0 Å². The summed E-state index contributed by atoms with van der Waals surface area (Å²) in [5.41, 5.74) is 0.926. The SMILES string of the molecule is CN(C)CCOCC(O)c1ccc2ccsc2c1. The van der Waals surface area contributed by atoms with E-state index in [-0.39, 0.29) is 0 Å². The van der Waals surface area contributed by atoms with Crippen LogP contribution in [0.3, 0.4) is 0 Å². The van der Waals surface area contributed by atoms with Crippen molar-refractivity contribution in [2.75, 3.05) is 33.9 Å².